The number of thioether (sulfide) groups is 1. The molecule has 21 heavy (non-hydrogen) atoms. The quantitative estimate of drug-likeness (QED) is 0.844. The lowest BCUT2D eigenvalue weighted by Crippen LogP contribution is -2.50. The molecular weight excluding hydrogens is 312 g/mol. The van der Waals surface area contributed by atoms with Crippen LogP contribution < -0.4 is 5.73 Å². The van der Waals surface area contributed by atoms with Gasteiger partial charge in [-0.1, -0.05) is 6.92 Å². The Bertz CT molecular complexity index is 654. The van der Waals surface area contributed by atoms with Crippen LogP contribution in [0.5, 0.6) is 0 Å². The van der Waals surface area contributed by atoms with Crippen LogP contribution in [0.2, 0.25) is 0 Å². The SMILES string of the molecule is CCc1nn(C)c(C(=O)N2CCSCC2S(C)(=O)=O)c1N. The Morgan fingerprint density at radius 1 is 1.52 bits per heavy atom. The number of aryl methyl sites for hydroxylation is 2. The zero-order valence-electron chi connectivity index (χ0n) is 12.4. The van der Waals surface area contributed by atoms with E-state index >= 15 is 0 Å². The third-order valence-corrected chi connectivity index (χ3v) is 6.18. The molecule has 1 aliphatic heterocycles. The fourth-order valence-electron chi connectivity index (χ4n) is 2.41. The Morgan fingerprint density at radius 2 is 2.19 bits per heavy atom. The summed E-state index contributed by atoms with van der Waals surface area (Å²) in [6.07, 6.45) is 1.78. The second-order valence-corrected chi connectivity index (χ2v) is 8.40. The molecule has 1 saturated heterocycles. The van der Waals surface area contributed by atoms with Crippen molar-refractivity contribution in [2.75, 3.05) is 30.0 Å². The lowest BCUT2D eigenvalue weighted by Gasteiger charge is -2.34. The number of amides is 1. The molecule has 1 unspecified atom stereocenters. The maximum atomic E-state index is 12.7. The van der Waals surface area contributed by atoms with Crippen LogP contribution in [-0.4, -0.2) is 58.7 Å². The first-order valence-corrected chi connectivity index (χ1v) is 9.77. The molecule has 1 atom stereocenters. The first-order chi connectivity index (χ1) is 9.77. The molecule has 9 heteroatoms. The largest absolute Gasteiger partial charge is 0.395 e. The number of nitrogen functional groups attached to an aromatic ring is 1. The Morgan fingerprint density at radius 3 is 2.71 bits per heavy atom. The Kier molecular flexibility index (Phi) is 4.52. The summed E-state index contributed by atoms with van der Waals surface area (Å²) >= 11 is 1.54. The zero-order chi connectivity index (χ0) is 15.8. The monoisotopic (exact) mass is 332 g/mol. The van der Waals surface area contributed by atoms with E-state index < -0.39 is 15.2 Å². The van der Waals surface area contributed by atoms with E-state index in [-0.39, 0.29) is 11.6 Å². The molecule has 0 spiro atoms. The molecule has 2 N–H and O–H groups in total. The second kappa shape index (κ2) is 5.88. The maximum absolute atomic E-state index is 12.7. The summed E-state index contributed by atoms with van der Waals surface area (Å²) < 4.78 is 25.2. The van der Waals surface area contributed by atoms with Crippen molar-refractivity contribution in [2.45, 2.75) is 18.7 Å². The van der Waals surface area contributed by atoms with E-state index in [1.54, 1.807) is 7.05 Å². The summed E-state index contributed by atoms with van der Waals surface area (Å²) in [5.41, 5.74) is 7.26. The van der Waals surface area contributed by atoms with E-state index in [1.807, 2.05) is 6.92 Å². The van der Waals surface area contributed by atoms with Crippen molar-refractivity contribution in [3.05, 3.63) is 11.4 Å². The number of nitrogens with two attached hydrogens (primary N) is 1. The molecule has 1 aliphatic rings. The molecule has 118 valence electrons. The van der Waals surface area contributed by atoms with Gasteiger partial charge in [0.05, 0.1) is 11.4 Å². The van der Waals surface area contributed by atoms with Gasteiger partial charge in [-0.3, -0.25) is 9.48 Å². The van der Waals surface area contributed by atoms with Crippen LogP contribution in [0.3, 0.4) is 0 Å². The van der Waals surface area contributed by atoms with Crippen LogP contribution in [0.1, 0.15) is 23.1 Å². The Balaban J connectivity index is 2.40. The number of nitrogens with zero attached hydrogens (tertiary/aromatic N) is 3. The van der Waals surface area contributed by atoms with Crippen LogP contribution in [-0.2, 0) is 23.3 Å². The molecule has 0 saturated carbocycles. The van der Waals surface area contributed by atoms with Crippen LogP contribution in [0.15, 0.2) is 0 Å². The summed E-state index contributed by atoms with van der Waals surface area (Å²) in [6.45, 7) is 2.30. The minimum atomic E-state index is -3.34. The normalized spacial score (nSPS) is 19.8. The predicted octanol–water partition coefficient (Wildman–Crippen LogP) is 0.124. The van der Waals surface area contributed by atoms with E-state index in [4.69, 9.17) is 5.73 Å². The molecule has 2 heterocycles. The fourth-order valence-corrected chi connectivity index (χ4v) is 5.23. The van der Waals surface area contributed by atoms with Crippen molar-refractivity contribution in [3.63, 3.8) is 0 Å². The van der Waals surface area contributed by atoms with E-state index in [1.165, 1.54) is 21.3 Å². The molecule has 1 aromatic rings. The van der Waals surface area contributed by atoms with Crippen molar-refractivity contribution >= 4 is 33.2 Å². The van der Waals surface area contributed by atoms with Gasteiger partial charge in [-0.2, -0.15) is 16.9 Å². The molecule has 0 radical (unpaired) electrons. The summed E-state index contributed by atoms with van der Waals surface area (Å²) in [5, 5.41) is 3.42. The average Bonchev–Trinajstić information content (AvgIpc) is 2.71. The molecule has 1 fully saturated rings. The minimum absolute atomic E-state index is 0.271. The molecule has 7 nitrogen and oxygen atoms in total. The van der Waals surface area contributed by atoms with Crippen LogP contribution in [0, 0.1) is 0 Å². The second-order valence-electron chi connectivity index (χ2n) is 5.04. The van der Waals surface area contributed by atoms with Crippen molar-refractivity contribution < 1.29 is 13.2 Å². The number of sulfone groups is 1. The average molecular weight is 332 g/mol. The van der Waals surface area contributed by atoms with Gasteiger partial charge < -0.3 is 10.6 Å². The number of anilines is 1. The molecule has 1 amide bonds. The van der Waals surface area contributed by atoms with Gasteiger partial charge in [0, 0.05) is 31.4 Å². The summed E-state index contributed by atoms with van der Waals surface area (Å²) in [7, 11) is -1.69. The first-order valence-electron chi connectivity index (χ1n) is 6.66. The highest BCUT2D eigenvalue weighted by Gasteiger charge is 2.36. The van der Waals surface area contributed by atoms with Gasteiger partial charge in [-0.15, -0.1) is 0 Å². The molecule has 0 aromatic carbocycles. The first kappa shape index (κ1) is 16.2. The van der Waals surface area contributed by atoms with Crippen LogP contribution in [0.25, 0.3) is 0 Å². The summed E-state index contributed by atoms with van der Waals surface area (Å²) in [5.74, 6) is 0.747. The standard InChI is InChI=1S/C12H20N4O3S2/c1-4-8-10(13)11(15(2)14-8)12(17)16-5-6-20-7-9(16)21(3,18)19/h9H,4-7,13H2,1-3H3. The predicted molar refractivity (Wildman–Crippen MR) is 84.0 cm³/mol. The fraction of sp³-hybridized carbons (Fsp3) is 0.667. The third-order valence-electron chi connectivity index (χ3n) is 3.54. The van der Waals surface area contributed by atoms with Gasteiger partial charge in [-0.25, -0.2) is 8.42 Å². The summed E-state index contributed by atoms with van der Waals surface area (Å²) in [4.78, 5) is 14.1. The number of aromatic nitrogens is 2. The molecule has 0 bridgehead atoms. The van der Waals surface area contributed by atoms with Gasteiger partial charge in [0.15, 0.2) is 9.84 Å². The van der Waals surface area contributed by atoms with Crippen molar-refractivity contribution in [1.82, 2.24) is 14.7 Å². The minimum Gasteiger partial charge on any atom is -0.395 e. The van der Waals surface area contributed by atoms with E-state index in [0.717, 1.165) is 12.0 Å². The van der Waals surface area contributed by atoms with Gasteiger partial charge >= 0.3 is 0 Å². The van der Waals surface area contributed by atoms with Gasteiger partial charge in [-0.05, 0) is 6.42 Å². The highest BCUT2D eigenvalue weighted by Crippen LogP contribution is 2.25. The number of rotatable bonds is 3. The van der Waals surface area contributed by atoms with E-state index in [9.17, 15) is 13.2 Å². The third kappa shape index (κ3) is 3.03. The molecule has 1 aromatic heterocycles. The maximum Gasteiger partial charge on any atom is 0.275 e. The highest BCUT2D eigenvalue weighted by atomic mass is 32.2. The Labute approximate surface area is 128 Å². The number of carbonyl (C=O) groups is 1. The summed E-state index contributed by atoms with van der Waals surface area (Å²) in [6, 6.07) is 0. The smallest absolute Gasteiger partial charge is 0.275 e. The topological polar surface area (TPSA) is 98.3 Å². The van der Waals surface area contributed by atoms with E-state index in [0.29, 0.717) is 30.1 Å². The number of hydrogen-bond donors (Lipinski definition) is 1. The Hall–Kier alpha value is -1.22. The lowest BCUT2D eigenvalue weighted by atomic mass is 10.2. The molecular formula is C12H20N4O3S2. The van der Waals surface area contributed by atoms with Crippen LogP contribution >= 0.6 is 11.8 Å². The highest BCUT2D eigenvalue weighted by molar-refractivity contribution is 8.00. The number of carbonyl (C=O) groups excluding carboxylic acids is 1. The van der Waals surface area contributed by atoms with Gasteiger partial charge in [0.1, 0.15) is 11.1 Å². The lowest BCUT2D eigenvalue weighted by molar-refractivity contribution is 0.0739. The van der Waals surface area contributed by atoms with Crippen molar-refractivity contribution in [2.24, 2.45) is 7.05 Å². The number of hydrogen-bond acceptors (Lipinski definition) is 6. The van der Waals surface area contributed by atoms with E-state index in [2.05, 4.69) is 5.10 Å². The van der Waals surface area contributed by atoms with Crippen molar-refractivity contribution in [3.8, 4) is 0 Å². The zero-order valence-corrected chi connectivity index (χ0v) is 14.0. The van der Waals surface area contributed by atoms with Crippen LogP contribution in [0.4, 0.5) is 5.69 Å². The van der Waals surface area contributed by atoms with Crippen molar-refractivity contribution in [1.29, 1.82) is 0 Å². The molecule has 2 rings (SSSR count). The molecule has 0 aliphatic carbocycles. The van der Waals surface area contributed by atoms with Gasteiger partial charge in [0.25, 0.3) is 5.91 Å². The van der Waals surface area contributed by atoms with Gasteiger partial charge in [0.2, 0.25) is 0 Å².